The molecule has 0 fully saturated rings. The highest BCUT2D eigenvalue weighted by Gasteiger charge is 2.15. The molecular formula is C19H18N4OS2. The van der Waals surface area contributed by atoms with Gasteiger partial charge in [-0.05, 0) is 26.0 Å². The average molecular weight is 383 g/mol. The summed E-state index contributed by atoms with van der Waals surface area (Å²) in [5.41, 5.74) is 3.47. The molecule has 0 aliphatic rings. The fraction of sp³-hybridized carbons (Fsp3) is 0.211. The molecule has 0 N–H and O–H groups in total. The zero-order valence-corrected chi connectivity index (χ0v) is 16.2. The third-order valence-electron chi connectivity index (χ3n) is 3.97. The van der Waals surface area contributed by atoms with Gasteiger partial charge >= 0.3 is 0 Å². The van der Waals surface area contributed by atoms with Gasteiger partial charge in [0.2, 0.25) is 0 Å². The monoisotopic (exact) mass is 382 g/mol. The predicted octanol–water partition coefficient (Wildman–Crippen LogP) is 5.28. The largest absolute Gasteiger partial charge is 0.461 e. The molecule has 0 saturated heterocycles. The molecule has 3 heterocycles. The number of aryl methyl sites for hydroxylation is 1. The molecule has 0 spiro atoms. The third-order valence-corrected chi connectivity index (χ3v) is 5.91. The van der Waals surface area contributed by atoms with E-state index in [1.807, 2.05) is 12.1 Å². The van der Waals surface area contributed by atoms with Gasteiger partial charge in [0.05, 0.1) is 12.0 Å². The van der Waals surface area contributed by atoms with Crippen LogP contribution in [0.1, 0.15) is 18.2 Å². The van der Waals surface area contributed by atoms with Gasteiger partial charge in [-0.1, -0.05) is 41.6 Å². The Morgan fingerprint density at radius 3 is 2.73 bits per heavy atom. The van der Waals surface area contributed by atoms with Crippen LogP contribution in [-0.2, 0) is 12.3 Å². The van der Waals surface area contributed by atoms with Crippen molar-refractivity contribution in [3.63, 3.8) is 0 Å². The van der Waals surface area contributed by atoms with E-state index < -0.39 is 0 Å². The number of rotatable bonds is 6. The Morgan fingerprint density at radius 2 is 2.00 bits per heavy atom. The molecule has 0 amide bonds. The van der Waals surface area contributed by atoms with Crippen molar-refractivity contribution in [2.24, 2.45) is 0 Å². The number of aromatic nitrogens is 4. The van der Waals surface area contributed by atoms with Crippen LogP contribution in [0, 0.1) is 6.92 Å². The minimum atomic E-state index is 0.738. The van der Waals surface area contributed by atoms with Crippen molar-refractivity contribution in [1.29, 1.82) is 0 Å². The Kier molecular flexibility index (Phi) is 4.90. The summed E-state index contributed by atoms with van der Waals surface area (Å²) >= 11 is 3.32. The minimum Gasteiger partial charge on any atom is -0.461 e. The number of nitrogens with zero attached hydrogens (tertiary/aromatic N) is 4. The Balaban J connectivity index is 1.49. The topological polar surface area (TPSA) is 56.7 Å². The molecule has 0 unspecified atom stereocenters. The first kappa shape index (κ1) is 17.1. The molecule has 26 heavy (non-hydrogen) atoms. The van der Waals surface area contributed by atoms with Crippen molar-refractivity contribution in [2.75, 3.05) is 0 Å². The third kappa shape index (κ3) is 3.45. The summed E-state index contributed by atoms with van der Waals surface area (Å²) in [5.74, 6) is 2.26. The van der Waals surface area contributed by atoms with Crippen molar-refractivity contribution < 1.29 is 4.42 Å². The number of furan rings is 1. The van der Waals surface area contributed by atoms with E-state index in [1.54, 1.807) is 29.4 Å². The number of thiazole rings is 1. The Bertz CT molecular complexity index is 987. The van der Waals surface area contributed by atoms with Gasteiger partial charge < -0.3 is 4.42 Å². The van der Waals surface area contributed by atoms with Crippen molar-refractivity contribution in [1.82, 2.24) is 19.7 Å². The standard InChI is InChI=1S/C19H18N4OS2/c1-3-23-17(16-5-4-10-24-16)21-22-19(23)26-12-15-11-25-18(20-15)14-8-6-13(2)7-9-14/h4-11H,3,12H2,1-2H3. The van der Waals surface area contributed by atoms with Gasteiger partial charge in [-0.2, -0.15) is 0 Å². The average Bonchev–Trinajstić information content (AvgIpc) is 3.40. The molecule has 1 aromatic carbocycles. The number of benzene rings is 1. The second kappa shape index (κ2) is 7.47. The summed E-state index contributed by atoms with van der Waals surface area (Å²) in [4.78, 5) is 4.76. The van der Waals surface area contributed by atoms with E-state index >= 15 is 0 Å². The molecule has 132 valence electrons. The van der Waals surface area contributed by atoms with Crippen LogP contribution in [0.25, 0.3) is 22.2 Å². The number of thioether (sulfide) groups is 1. The van der Waals surface area contributed by atoms with Gasteiger partial charge in [0.1, 0.15) is 5.01 Å². The van der Waals surface area contributed by atoms with E-state index in [2.05, 4.69) is 58.3 Å². The SMILES string of the molecule is CCn1c(SCc2csc(-c3ccc(C)cc3)n2)nnc1-c1ccco1. The van der Waals surface area contributed by atoms with Gasteiger partial charge in [0, 0.05) is 23.2 Å². The van der Waals surface area contributed by atoms with Crippen LogP contribution in [0.4, 0.5) is 0 Å². The number of hydrogen-bond acceptors (Lipinski definition) is 6. The van der Waals surface area contributed by atoms with Gasteiger partial charge in [0.25, 0.3) is 0 Å². The molecule has 0 saturated carbocycles. The first-order valence-electron chi connectivity index (χ1n) is 8.36. The molecule has 0 aliphatic carbocycles. The lowest BCUT2D eigenvalue weighted by molar-refractivity contribution is 0.567. The fourth-order valence-electron chi connectivity index (χ4n) is 2.61. The highest BCUT2D eigenvalue weighted by atomic mass is 32.2. The van der Waals surface area contributed by atoms with E-state index in [1.165, 1.54) is 5.56 Å². The van der Waals surface area contributed by atoms with E-state index in [4.69, 9.17) is 9.40 Å². The van der Waals surface area contributed by atoms with E-state index in [9.17, 15) is 0 Å². The van der Waals surface area contributed by atoms with Gasteiger partial charge in [0.15, 0.2) is 16.7 Å². The Morgan fingerprint density at radius 1 is 1.15 bits per heavy atom. The van der Waals surface area contributed by atoms with Crippen molar-refractivity contribution >= 4 is 23.1 Å². The molecule has 0 aliphatic heterocycles. The highest BCUT2D eigenvalue weighted by molar-refractivity contribution is 7.98. The molecule has 0 bridgehead atoms. The second-order valence-corrected chi connectivity index (χ2v) is 7.63. The van der Waals surface area contributed by atoms with Crippen LogP contribution >= 0.6 is 23.1 Å². The van der Waals surface area contributed by atoms with E-state index in [0.717, 1.165) is 45.3 Å². The summed E-state index contributed by atoms with van der Waals surface area (Å²) in [6.07, 6.45) is 1.65. The fourth-order valence-corrected chi connectivity index (χ4v) is 4.44. The maximum Gasteiger partial charge on any atom is 0.200 e. The number of hydrogen-bond donors (Lipinski definition) is 0. The molecule has 5 nitrogen and oxygen atoms in total. The van der Waals surface area contributed by atoms with Gasteiger partial charge in [-0.15, -0.1) is 21.5 Å². The molecular weight excluding hydrogens is 364 g/mol. The van der Waals surface area contributed by atoms with E-state index in [0.29, 0.717) is 0 Å². The Hall–Kier alpha value is -2.38. The highest BCUT2D eigenvalue weighted by Crippen LogP contribution is 2.29. The van der Waals surface area contributed by atoms with Crippen LogP contribution in [0.5, 0.6) is 0 Å². The second-order valence-electron chi connectivity index (χ2n) is 5.83. The quantitative estimate of drug-likeness (QED) is 0.425. The van der Waals surface area contributed by atoms with Crippen LogP contribution in [0.2, 0.25) is 0 Å². The van der Waals surface area contributed by atoms with Gasteiger partial charge in [-0.3, -0.25) is 4.57 Å². The predicted molar refractivity (Wildman–Crippen MR) is 105 cm³/mol. The van der Waals surface area contributed by atoms with Gasteiger partial charge in [-0.25, -0.2) is 4.98 Å². The summed E-state index contributed by atoms with van der Waals surface area (Å²) in [5, 5.41) is 12.6. The lowest BCUT2D eigenvalue weighted by atomic mass is 10.2. The molecule has 4 rings (SSSR count). The molecule has 0 atom stereocenters. The first-order chi connectivity index (χ1) is 12.7. The lowest BCUT2D eigenvalue weighted by Gasteiger charge is -2.04. The van der Waals surface area contributed by atoms with Crippen molar-refractivity contribution in [3.8, 4) is 22.2 Å². The first-order valence-corrected chi connectivity index (χ1v) is 10.2. The normalized spacial score (nSPS) is 11.2. The lowest BCUT2D eigenvalue weighted by Crippen LogP contribution is -1.99. The summed E-state index contributed by atoms with van der Waals surface area (Å²) in [6.45, 7) is 4.96. The summed E-state index contributed by atoms with van der Waals surface area (Å²) in [6, 6.07) is 12.2. The minimum absolute atomic E-state index is 0.738. The van der Waals surface area contributed by atoms with Crippen molar-refractivity contribution in [3.05, 3.63) is 59.3 Å². The molecule has 7 heteroatoms. The summed E-state index contributed by atoms with van der Waals surface area (Å²) in [7, 11) is 0. The van der Waals surface area contributed by atoms with Crippen LogP contribution in [0.15, 0.2) is 57.6 Å². The zero-order valence-electron chi connectivity index (χ0n) is 14.5. The molecule has 3 aromatic heterocycles. The smallest absolute Gasteiger partial charge is 0.200 e. The van der Waals surface area contributed by atoms with Crippen LogP contribution in [-0.4, -0.2) is 19.7 Å². The molecule has 0 radical (unpaired) electrons. The summed E-state index contributed by atoms with van der Waals surface area (Å²) < 4.78 is 7.52. The Labute approximate surface area is 160 Å². The van der Waals surface area contributed by atoms with Crippen LogP contribution < -0.4 is 0 Å². The van der Waals surface area contributed by atoms with Crippen LogP contribution in [0.3, 0.4) is 0 Å². The zero-order chi connectivity index (χ0) is 17.9. The van der Waals surface area contributed by atoms with E-state index in [-0.39, 0.29) is 0 Å². The maximum absolute atomic E-state index is 5.46. The maximum atomic E-state index is 5.46. The molecule has 4 aromatic rings. The van der Waals surface area contributed by atoms with Crippen molar-refractivity contribution in [2.45, 2.75) is 31.3 Å².